The van der Waals surface area contributed by atoms with E-state index in [9.17, 15) is 9.59 Å². The number of hydrogen-bond donors (Lipinski definition) is 2. The monoisotopic (exact) mass is 498 g/mol. The molecular weight excluding hydrogens is 464 g/mol. The third-order valence-electron chi connectivity index (χ3n) is 7.69. The van der Waals surface area contributed by atoms with E-state index < -0.39 is 0 Å². The minimum absolute atomic E-state index is 0.0423. The number of aryl methyl sites for hydroxylation is 2. The standard InChI is InChI=1S/C29H34N6O2/c1-4-23(36)31-16-19-7-12-22(18(2)15-19)26-24(25-27(30)32-17-33-28(25)34(26)3)20-8-10-21(11-9-20)29(37)35-13-5-6-14-35/h4,7-8,12,15,17,21H,1,5-6,9-11,13-14,16H2,2-3H3,(H,31,36)(H2,30,32,33)/t21-/m0/s1. The molecule has 0 bridgehead atoms. The summed E-state index contributed by atoms with van der Waals surface area (Å²) in [4.78, 5) is 35.5. The van der Waals surface area contributed by atoms with Crippen molar-refractivity contribution in [2.24, 2.45) is 13.0 Å². The SMILES string of the molecule is C=CC(=O)NCc1ccc(-c2c(C3=CC[C@H](C(=O)N4CCCC4)CC3)c3c(N)ncnc3n2C)c(C)c1. The molecule has 2 amide bonds. The Hall–Kier alpha value is -3.94. The molecule has 1 aliphatic carbocycles. The van der Waals surface area contributed by atoms with E-state index in [4.69, 9.17) is 5.73 Å². The van der Waals surface area contributed by atoms with Gasteiger partial charge in [-0.3, -0.25) is 9.59 Å². The second-order valence-electron chi connectivity index (χ2n) is 10.0. The predicted molar refractivity (Wildman–Crippen MR) is 146 cm³/mol. The van der Waals surface area contributed by atoms with Crippen LogP contribution in [0.25, 0.3) is 27.9 Å². The molecule has 2 aromatic heterocycles. The van der Waals surface area contributed by atoms with Gasteiger partial charge in [-0.2, -0.15) is 0 Å². The Kier molecular flexibility index (Phi) is 6.82. The third-order valence-corrected chi connectivity index (χ3v) is 7.69. The normalized spacial score (nSPS) is 17.6. The maximum Gasteiger partial charge on any atom is 0.243 e. The molecule has 5 rings (SSSR count). The van der Waals surface area contributed by atoms with Crippen LogP contribution in [-0.2, 0) is 23.2 Å². The summed E-state index contributed by atoms with van der Waals surface area (Å²) >= 11 is 0. The average Bonchev–Trinajstić information content (AvgIpc) is 3.55. The van der Waals surface area contributed by atoms with Crippen molar-refractivity contribution in [1.82, 2.24) is 24.8 Å². The lowest BCUT2D eigenvalue weighted by molar-refractivity contribution is -0.134. The third kappa shape index (κ3) is 4.63. The Morgan fingerprint density at radius 1 is 1.24 bits per heavy atom. The summed E-state index contributed by atoms with van der Waals surface area (Å²) in [7, 11) is 2.01. The molecule has 3 aromatic rings. The number of nitrogens with zero attached hydrogens (tertiary/aromatic N) is 4. The number of allylic oxidation sites excluding steroid dienone is 2. The number of amides is 2. The van der Waals surface area contributed by atoms with Crippen molar-refractivity contribution in [2.45, 2.75) is 45.6 Å². The molecule has 0 radical (unpaired) electrons. The number of nitrogen functional groups attached to an aromatic ring is 1. The number of fused-ring (bicyclic) bond motifs is 1. The molecule has 1 atom stereocenters. The fraction of sp³-hybridized carbons (Fsp3) is 0.379. The molecular formula is C29H34N6O2. The molecule has 2 aliphatic rings. The van der Waals surface area contributed by atoms with Crippen LogP contribution >= 0.6 is 0 Å². The van der Waals surface area contributed by atoms with E-state index in [-0.39, 0.29) is 11.8 Å². The van der Waals surface area contributed by atoms with Gasteiger partial charge in [0.1, 0.15) is 17.8 Å². The zero-order chi connectivity index (χ0) is 26.1. The molecule has 1 aromatic carbocycles. The van der Waals surface area contributed by atoms with Crippen molar-refractivity contribution in [2.75, 3.05) is 18.8 Å². The van der Waals surface area contributed by atoms with E-state index >= 15 is 0 Å². The van der Waals surface area contributed by atoms with Crippen LogP contribution < -0.4 is 11.1 Å². The lowest BCUT2D eigenvalue weighted by Crippen LogP contribution is -2.34. The fourth-order valence-corrected chi connectivity index (χ4v) is 5.75. The highest BCUT2D eigenvalue weighted by molar-refractivity contribution is 6.04. The highest BCUT2D eigenvalue weighted by atomic mass is 16.2. The number of hydrogen-bond acceptors (Lipinski definition) is 5. The molecule has 0 saturated carbocycles. The van der Waals surface area contributed by atoms with Crippen molar-refractivity contribution >= 4 is 34.2 Å². The smallest absolute Gasteiger partial charge is 0.243 e. The van der Waals surface area contributed by atoms with E-state index in [0.717, 1.165) is 84.2 Å². The van der Waals surface area contributed by atoms with Gasteiger partial charge in [-0.15, -0.1) is 0 Å². The van der Waals surface area contributed by atoms with Crippen LogP contribution in [0.5, 0.6) is 0 Å². The zero-order valence-electron chi connectivity index (χ0n) is 21.6. The molecule has 1 aliphatic heterocycles. The first kappa shape index (κ1) is 24.7. The van der Waals surface area contributed by atoms with Crippen molar-refractivity contribution in [1.29, 1.82) is 0 Å². The summed E-state index contributed by atoms with van der Waals surface area (Å²) in [5.74, 6) is 0.598. The molecule has 3 heterocycles. The van der Waals surface area contributed by atoms with Gasteiger partial charge in [-0.05, 0) is 61.8 Å². The number of nitrogens with one attached hydrogen (secondary N) is 1. The second kappa shape index (κ2) is 10.2. The van der Waals surface area contributed by atoms with Crippen LogP contribution in [-0.4, -0.2) is 44.3 Å². The number of likely N-dealkylation sites (tertiary alicyclic amines) is 1. The van der Waals surface area contributed by atoms with Crippen LogP contribution in [0.15, 0.2) is 43.3 Å². The largest absolute Gasteiger partial charge is 0.383 e. The van der Waals surface area contributed by atoms with E-state index in [1.54, 1.807) is 0 Å². The minimum Gasteiger partial charge on any atom is -0.383 e. The Morgan fingerprint density at radius 3 is 2.70 bits per heavy atom. The minimum atomic E-state index is -0.197. The lowest BCUT2D eigenvalue weighted by Gasteiger charge is -2.26. The highest BCUT2D eigenvalue weighted by Gasteiger charge is 2.30. The molecule has 1 fully saturated rings. The number of nitrogens with two attached hydrogens (primary N) is 1. The van der Waals surface area contributed by atoms with Crippen LogP contribution in [0.2, 0.25) is 0 Å². The van der Waals surface area contributed by atoms with E-state index in [0.29, 0.717) is 18.3 Å². The number of benzene rings is 1. The number of rotatable bonds is 6. The summed E-state index contributed by atoms with van der Waals surface area (Å²) in [6.45, 7) is 7.79. The maximum absolute atomic E-state index is 13.0. The van der Waals surface area contributed by atoms with Gasteiger partial charge in [0.15, 0.2) is 0 Å². The summed E-state index contributed by atoms with van der Waals surface area (Å²) in [6.07, 6.45) is 9.57. The number of anilines is 1. The Labute approximate surface area is 217 Å². The number of carbonyl (C=O) groups excluding carboxylic acids is 2. The van der Waals surface area contributed by atoms with Crippen LogP contribution in [0.1, 0.15) is 48.8 Å². The predicted octanol–water partition coefficient (Wildman–Crippen LogP) is 4.13. The van der Waals surface area contributed by atoms with Crippen LogP contribution in [0, 0.1) is 12.8 Å². The van der Waals surface area contributed by atoms with Crippen molar-refractivity contribution < 1.29 is 9.59 Å². The van der Waals surface area contributed by atoms with Gasteiger partial charge in [0.05, 0.1) is 11.1 Å². The first-order valence-corrected chi connectivity index (χ1v) is 13.0. The quantitative estimate of drug-likeness (QED) is 0.497. The van der Waals surface area contributed by atoms with Crippen LogP contribution in [0.4, 0.5) is 5.82 Å². The Morgan fingerprint density at radius 2 is 2.03 bits per heavy atom. The first-order valence-electron chi connectivity index (χ1n) is 13.0. The molecule has 8 nitrogen and oxygen atoms in total. The summed E-state index contributed by atoms with van der Waals surface area (Å²) < 4.78 is 2.09. The summed E-state index contributed by atoms with van der Waals surface area (Å²) in [6, 6.07) is 6.21. The Balaban J connectivity index is 1.54. The van der Waals surface area contributed by atoms with Crippen molar-refractivity contribution in [3.05, 3.63) is 59.9 Å². The van der Waals surface area contributed by atoms with Gasteiger partial charge in [0.2, 0.25) is 11.8 Å². The van der Waals surface area contributed by atoms with Gasteiger partial charge in [0, 0.05) is 43.7 Å². The number of aromatic nitrogens is 3. The highest BCUT2D eigenvalue weighted by Crippen LogP contribution is 2.43. The van der Waals surface area contributed by atoms with Gasteiger partial charge >= 0.3 is 0 Å². The van der Waals surface area contributed by atoms with E-state index in [1.165, 1.54) is 18.0 Å². The van der Waals surface area contributed by atoms with E-state index in [1.807, 2.05) is 18.0 Å². The summed E-state index contributed by atoms with van der Waals surface area (Å²) in [5.41, 5.74) is 13.7. The van der Waals surface area contributed by atoms with Gasteiger partial charge in [0.25, 0.3) is 0 Å². The molecule has 3 N–H and O–H groups in total. The Bertz CT molecular complexity index is 1410. The molecule has 0 unspecified atom stereocenters. The molecule has 1 saturated heterocycles. The first-order chi connectivity index (χ1) is 17.9. The fourth-order valence-electron chi connectivity index (χ4n) is 5.75. The number of carbonyl (C=O) groups is 2. The van der Waals surface area contributed by atoms with Gasteiger partial charge < -0.3 is 20.5 Å². The van der Waals surface area contributed by atoms with Crippen molar-refractivity contribution in [3.63, 3.8) is 0 Å². The van der Waals surface area contributed by atoms with Gasteiger partial charge in [-0.25, -0.2) is 9.97 Å². The topological polar surface area (TPSA) is 106 Å². The molecule has 8 heteroatoms. The second-order valence-corrected chi connectivity index (χ2v) is 10.0. The van der Waals surface area contributed by atoms with Crippen LogP contribution in [0.3, 0.4) is 0 Å². The van der Waals surface area contributed by atoms with Gasteiger partial charge in [-0.1, -0.05) is 30.9 Å². The molecule has 37 heavy (non-hydrogen) atoms. The van der Waals surface area contributed by atoms with Crippen molar-refractivity contribution in [3.8, 4) is 11.3 Å². The van der Waals surface area contributed by atoms with E-state index in [2.05, 4.69) is 51.6 Å². The molecule has 192 valence electrons. The average molecular weight is 499 g/mol. The molecule has 0 spiro atoms. The zero-order valence-corrected chi connectivity index (χ0v) is 21.6. The lowest BCUT2D eigenvalue weighted by atomic mass is 9.84. The maximum atomic E-state index is 13.0. The summed E-state index contributed by atoms with van der Waals surface area (Å²) in [5, 5.41) is 3.69.